The molecule has 0 aliphatic carbocycles. The van der Waals surface area contributed by atoms with Gasteiger partial charge in [0.05, 0.1) is 24.1 Å². The third-order valence-corrected chi connectivity index (χ3v) is 6.17. The predicted molar refractivity (Wildman–Crippen MR) is 122 cm³/mol. The Morgan fingerprint density at radius 3 is 2.49 bits per heavy atom. The Morgan fingerprint density at radius 2 is 1.80 bits per heavy atom. The molecule has 1 aliphatic rings. The average molecular weight is 483 g/mol. The molecular weight excluding hydrogens is 464 g/mol. The van der Waals surface area contributed by atoms with Crippen LogP contribution in [0.4, 0.5) is 14.5 Å². The Kier molecular flexibility index (Phi) is 5.48. The fourth-order valence-corrected chi connectivity index (χ4v) is 4.59. The van der Waals surface area contributed by atoms with Crippen molar-refractivity contribution in [2.24, 2.45) is 0 Å². The van der Waals surface area contributed by atoms with E-state index in [-0.39, 0.29) is 31.9 Å². The molecule has 5 rings (SSSR count). The van der Waals surface area contributed by atoms with Crippen molar-refractivity contribution in [1.29, 1.82) is 0 Å². The number of nitrogens with one attached hydrogen (secondary N) is 1. The summed E-state index contributed by atoms with van der Waals surface area (Å²) >= 11 is 0. The van der Waals surface area contributed by atoms with Gasteiger partial charge in [-0.25, -0.2) is 18.4 Å². The first kappa shape index (κ1) is 22.5. The zero-order valence-corrected chi connectivity index (χ0v) is 18.1. The molecule has 3 heterocycles. The quantitative estimate of drug-likeness (QED) is 0.399. The number of aliphatic carboxylic acids is 1. The zero-order chi connectivity index (χ0) is 24.9. The van der Waals surface area contributed by atoms with Crippen LogP contribution in [0, 0.1) is 11.6 Å². The van der Waals surface area contributed by atoms with Gasteiger partial charge in [-0.05, 0) is 12.1 Å². The third kappa shape index (κ3) is 3.60. The number of para-hydroxylation sites is 1. The van der Waals surface area contributed by atoms with E-state index in [1.165, 1.54) is 11.1 Å². The normalized spacial score (nSPS) is 15.0. The van der Waals surface area contributed by atoms with E-state index in [1.807, 2.05) is 0 Å². The molecule has 0 spiro atoms. The van der Waals surface area contributed by atoms with E-state index in [4.69, 9.17) is 4.74 Å². The highest BCUT2D eigenvalue weighted by Gasteiger charge is 2.32. The molecule has 0 amide bonds. The Bertz CT molecular complexity index is 1550. The van der Waals surface area contributed by atoms with E-state index in [1.54, 1.807) is 24.3 Å². The van der Waals surface area contributed by atoms with Gasteiger partial charge < -0.3 is 29.4 Å². The molecule has 1 fully saturated rings. The first-order chi connectivity index (χ1) is 16.8. The van der Waals surface area contributed by atoms with Crippen LogP contribution in [0.1, 0.15) is 22.0 Å². The number of aromatic carboxylic acids is 1. The lowest BCUT2D eigenvalue weighted by Crippen LogP contribution is -2.37. The van der Waals surface area contributed by atoms with Gasteiger partial charge in [-0.15, -0.1) is 0 Å². The summed E-state index contributed by atoms with van der Waals surface area (Å²) in [4.78, 5) is 41.6. The minimum absolute atomic E-state index is 0.182. The van der Waals surface area contributed by atoms with Crippen molar-refractivity contribution < 1.29 is 33.3 Å². The molecule has 4 aromatic rings. The van der Waals surface area contributed by atoms with E-state index in [2.05, 4.69) is 4.98 Å². The fourth-order valence-electron chi connectivity index (χ4n) is 4.59. The molecule has 3 N–H and O–H groups in total. The minimum atomic E-state index is -1.65. The number of carboxylic acid groups (broad SMARTS) is 2. The fraction of sp³-hybridized carbons (Fsp3) is 0.208. The Morgan fingerprint density at radius 1 is 1.09 bits per heavy atom. The number of benzene rings is 2. The number of anilines is 1. The molecule has 0 saturated carbocycles. The number of carbonyl (C=O) groups is 2. The van der Waals surface area contributed by atoms with E-state index in [0.717, 1.165) is 16.8 Å². The first-order valence-electron chi connectivity index (χ1n) is 10.7. The van der Waals surface area contributed by atoms with Crippen LogP contribution in [-0.2, 0) is 9.53 Å². The minimum Gasteiger partial charge on any atom is -0.479 e. The van der Waals surface area contributed by atoms with Gasteiger partial charge in [0.25, 0.3) is 0 Å². The Hall–Kier alpha value is -4.25. The molecule has 1 atom stereocenters. The number of rotatable bonds is 5. The number of carboxylic acids is 2. The summed E-state index contributed by atoms with van der Waals surface area (Å²) < 4.78 is 37.3. The second kappa shape index (κ2) is 8.51. The van der Waals surface area contributed by atoms with Crippen molar-refractivity contribution >= 4 is 39.4 Å². The SMILES string of the molecule is O=C(O)c1cn(C(C(=O)O)c2c[nH]c3ccccc23)c2c(F)c(N3CCOCC3)c(F)cc2c1=O. The number of fused-ring (bicyclic) bond motifs is 2. The summed E-state index contributed by atoms with van der Waals surface area (Å²) in [6.45, 7) is 0.826. The summed E-state index contributed by atoms with van der Waals surface area (Å²) in [6.07, 6.45) is 2.23. The number of aromatic nitrogens is 2. The molecule has 1 unspecified atom stereocenters. The third-order valence-electron chi connectivity index (χ3n) is 6.17. The molecule has 2 aromatic carbocycles. The molecule has 2 aromatic heterocycles. The van der Waals surface area contributed by atoms with Crippen molar-refractivity contribution in [3.63, 3.8) is 0 Å². The molecule has 1 aliphatic heterocycles. The topological polar surface area (TPSA) is 125 Å². The van der Waals surface area contributed by atoms with E-state index >= 15 is 8.78 Å². The number of morpholine rings is 1. The summed E-state index contributed by atoms with van der Waals surface area (Å²) in [5.74, 6) is -5.27. The van der Waals surface area contributed by atoms with Crippen LogP contribution in [0.5, 0.6) is 0 Å². The number of H-pyrrole nitrogens is 1. The Balaban J connectivity index is 1.88. The number of hydrogen-bond donors (Lipinski definition) is 3. The molecule has 11 heteroatoms. The molecule has 1 saturated heterocycles. The van der Waals surface area contributed by atoms with Crippen LogP contribution < -0.4 is 10.3 Å². The highest BCUT2D eigenvalue weighted by Crippen LogP contribution is 2.35. The van der Waals surface area contributed by atoms with Crippen LogP contribution in [0.2, 0.25) is 0 Å². The Labute approximate surface area is 195 Å². The van der Waals surface area contributed by atoms with Crippen LogP contribution in [0.3, 0.4) is 0 Å². The largest absolute Gasteiger partial charge is 0.479 e. The predicted octanol–water partition coefficient (Wildman–Crippen LogP) is 2.97. The second-order valence-corrected chi connectivity index (χ2v) is 8.13. The maximum atomic E-state index is 16.0. The summed E-state index contributed by atoms with van der Waals surface area (Å²) in [6, 6.07) is 5.96. The van der Waals surface area contributed by atoms with Crippen molar-refractivity contribution in [3.8, 4) is 0 Å². The maximum absolute atomic E-state index is 16.0. The van der Waals surface area contributed by atoms with Crippen LogP contribution >= 0.6 is 0 Å². The standard InChI is InChI=1S/C24H19F2N3O6/c25-16-9-13-19(18(26)21(16)28-5-7-35-8-6-28)29(11-15(22(13)30)23(31)32)20(24(33)34)14-10-27-17-4-2-1-3-12(14)17/h1-4,9-11,20,27H,5-8H2,(H,31,32)(H,33,34). The van der Waals surface area contributed by atoms with Crippen LogP contribution in [-0.4, -0.2) is 58.0 Å². The lowest BCUT2D eigenvalue weighted by atomic mass is 10.0. The number of halogens is 2. The van der Waals surface area contributed by atoms with Crippen LogP contribution in [0.25, 0.3) is 21.8 Å². The average Bonchev–Trinajstić information content (AvgIpc) is 3.25. The molecule has 0 bridgehead atoms. The summed E-state index contributed by atoms with van der Waals surface area (Å²) in [5.41, 5.74) is -2.02. The zero-order valence-electron chi connectivity index (χ0n) is 18.1. The van der Waals surface area contributed by atoms with Crippen molar-refractivity contribution in [2.75, 3.05) is 31.2 Å². The number of aromatic amines is 1. The summed E-state index contributed by atoms with van der Waals surface area (Å²) in [7, 11) is 0. The maximum Gasteiger partial charge on any atom is 0.341 e. The van der Waals surface area contributed by atoms with Gasteiger partial charge in [0.2, 0.25) is 5.43 Å². The smallest absolute Gasteiger partial charge is 0.341 e. The second-order valence-electron chi connectivity index (χ2n) is 8.13. The molecule has 0 radical (unpaired) electrons. The van der Waals surface area contributed by atoms with Crippen molar-refractivity contribution in [3.05, 3.63) is 75.7 Å². The molecule has 35 heavy (non-hydrogen) atoms. The number of nitrogens with zero attached hydrogens (tertiary/aromatic N) is 2. The van der Waals surface area contributed by atoms with Crippen molar-refractivity contribution in [1.82, 2.24) is 9.55 Å². The van der Waals surface area contributed by atoms with Gasteiger partial charge in [0, 0.05) is 41.9 Å². The van der Waals surface area contributed by atoms with Gasteiger partial charge in [-0.2, -0.15) is 0 Å². The first-order valence-corrected chi connectivity index (χ1v) is 10.7. The van der Waals surface area contributed by atoms with E-state index in [0.29, 0.717) is 10.9 Å². The molecule has 9 nitrogen and oxygen atoms in total. The number of pyridine rings is 1. The monoisotopic (exact) mass is 483 g/mol. The van der Waals surface area contributed by atoms with Gasteiger partial charge >= 0.3 is 11.9 Å². The van der Waals surface area contributed by atoms with E-state index < -0.39 is 57.2 Å². The van der Waals surface area contributed by atoms with Gasteiger partial charge in [0.15, 0.2) is 11.9 Å². The number of ether oxygens (including phenoxy) is 1. The van der Waals surface area contributed by atoms with Crippen LogP contribution in [0.15, 0.2) is 47.5 Å². The van der Waals surface area contributed by atoms with Crippen molar-refractivity contribution in [2.45, 2.75) is 6.04 Å². The van der Waals surface area contributed by atoms with Gasteiger partial charge in [-0.3, -0.25) is 4.79 Å². The van der Waals surface area contributed by atoms with E-state index in [9.17, 15) is 24.6 Å². The summed E-state index contributed by atoms with van der Waals surface area (Å²) in [5, 5.41) is 19.7. The highest BCUT2D eigenvalue weighted by molar-refractivity contribution is 5.96. The lowest BCUT2D eigenvalue weighted by Gasteiger charge is -2.30. The number of hydrogen-bond acceptors (Lipinski definition) is 5. The van der Waals surface area contributed by atoms with Gasteiger partial charge in [0.1, 0.15) is 17.1 Å². The lowest BCUT2D eigenvalue weighted by molar-refractivity contribution is -0.139. The molecule has 180 valence electrons. The van der Waals surface area contributed by atoms with Gasteiger partial charge in [-0.1, -0.05) is 18.2 Å². The molecular formula is C24H19F2N3O6. The highest BCUT2D eigenvalue weighted by atomic mass is 19.1.